The number of anilines is 1. The Hall–Kier alpha value is -1.63. The van der Waals surface area contributed by atoms with Crippen molar-refractivity contribution in [2.24, 2.45) is 5.92 Å². The summed E-state index contributed by atoms with van der Waals surface area (Å²) in [4.78, 5) is 24.7. The standard InChI is InChI=1S/C21H29N3O3.ClH/c25-20(18-12-15-6-1-2-8-17(15)24-18)22-13-14-5-3-7-16(11-14)23-21(26)19-9-4-10-27-19;/h3,5,7,11,15,17-19,24H,1-2,4,6,8-10,12-13H2,(H,22,25)(H,23,26);1H. The van der Waals surface area contributed by atoms with Gasteiger partial charge in [0, 0.05) is 24.9 Å². The quantitative estimate of drug-likeness (QED) is 0.701. The van der Waals surface area contributed by atoms with Gasteiger partial charge in [0.1, 0.15) is 6.10 Å². The molecule has 0 radical (unpaired) electrons. The molecule has 1 saturated carbocycles. The third kappa shape index (κ3) is 5.04. The molecule has 1 aromatic rings. The van der Waals surface area contributed by atoms with Gasteiger partial charge in [-0.1, -0.05) is 25.0 Å². The van der Waals surface area contributed by atoms with Gasteiger partial charge in [-0.05, 0) is 55.7 Å². The van der Waals surface area contributed by atoms with Crippen molar-refractivity contribution in [3.8, 4) is 0 Å². The molecule has 1 aliphatic carbocycles. The average molecular weight is 408 g/mol. The minimum atomic E-state index is -0.342. The van der Waals surface area contributed by atoms with Crippen molar-refractivity contribution in [1.82, 2.24) is 10.6 Å². The van der Waals surface area contributed by atoms with Crippen LogP contribution in [0.25, 0.3) is 0 Å². The van der Waals surface area contributed by atoms with Gasteiger partial charge in [-0.2, -0.15) is 0 Å². The predicted octanol–water partition coefficient (Wildman–Crippen LogP) is 2.76. The maximum Gasteiger partial charge on any atom is 0.253 e. The van der Waals surface area contributed by atoms with Crippen LogP contribution >= 0.6 is 12.4 Å². The van der Waals surface area contributed by atoms with Crippen LogP contribution < -0.4 is 16.0 Å². The molecule has 4 rings (SSSR count). The lowest BCUT2D eigenvalue weighted by molar-refractivity contribution is -0.125. The van der Waals surface area contributed by atoms with Crippen LogP contribution in [0.15, 0.2) is 24.3 Å². The van der Waals surface area contributed by atoms with Crippen LogP contribution in [0.2, 0.25) is 0 Å². The zero-order chi connectivity index (χ0) is 18.6. The van der Waals surface area contributed by atoms with Crippen LogP contribution in [-0.2, 0) is 20.9 Å². The fourth-order valence-electron chi connectivity index (χ4n) is 4.60. The summed E-state index contributed by atoms with van der Waals surface area (Å²) in [5, 5.41) is 9.47. The number of ether oxygens (including phenoxy) is 1. The van der Waals surface area contributed by atoms with Crippen LogP contribution in [0.5, 0.6) is 0 Å². The molecule has 0 spiro atoms. The predicted molar refractivity (Wildman–Crippen MR) is 110 cm³/mol. The molecule has 4 atom stereocenters. The van der Waals surface area contributed by atoms with Crippen molar-refractivity contribution in [2.45, 2.75) is 69.7 Å². The van der Waals surface area contributed by atoms with E-state index >= 15 is 0 Å². The third-order valence-electron chi connectivity index (χ3n) is 6.06. The molecule has 3 fully saturated rings. The van der Waals surface area contributed by atoms with Crippen LogP contribution in [0.3, 0.4) is 0 Å². The zero-order valence-corrected chi connectivity index (χ0v) is 16.9. The number of fused-ring (bicyclic) bond motifs is 1. The highest BCUT2D eigenvalue weighted by Crippen LogP contribution is 2.33. The van der Waals surface area contributed by atoms with Crippen molar-refractivity contribution in [3.63, 3.8) is 0 Å². The molecule has 2 amide bonds. The second kappa shape index (κ2) is 9.72. The molecular weight excluding hydrogens is 378 g/mol. The first-order chi connectivity index (χ1) is 13.2. The van der Waals surface area contributed by atoms with E-state index in [1.165, 1.54) is 25.7 Å². The highest BCUT2D eigenvalue weighted by Gasteiger charge is 2.38. The maximum atomic E-state index is 12.5. The summed E-state index contributed by atoms with van der Waals surface area (Å²) in [7, 11) is 0. The SMILES string of the molecule is Cl.O=C(NCc1cccc(NC(=O)C2CCCO2)c1)C1CC2CCCCC2N1. The summed E-state index contributed by atoms with van der Waals surface area (Å²) >= 11 is 0. The van der Waals surface area contributed by atoms with Gasteiger partial charge in [0.25, 0.3) is 5.91 Å². The molecule has 0 aromatic heterocycles. The smallest absolute Gasteiger partial charge is 0.253 e. The molecule has 2 heterocycles. The first kappa shape index (κ1) is 21.1. The molecule has 4 unspecified atom stereocenters. The number of hydrogen-bond donors (Lipinski definition) is 3. The van der Waals surface area contributed by atoms with E-state index in [0.717, 1.165) is 30.5 Å². The summed E-state index contributed by atoms with van der Waals surface area (Å²) in [6, 6.07) is 8.08. The summed E-state index contributed by atoms with van der Waals surface area (Å²) in [6.45, 7) is 1.12. The molecule has 6 nitrogen and oxygen atoms in total. The zero-order valence-electron chi connectivity index (χ0n) is 16.1. The molecule has 7 heteroatoms. The first-order valence-corrected chi connectivity index (χ1v) is 10.2. The Morgan fingerprint density at radius 2 is 1.96 bits per heavy atom. The average Bonchev–Trinajstić information content (AvgIpc) is 3.36. The molecule has 2 saturated heterocycles. The molecule has 28 heavy (non-hydrogen) atoms. The Kier molecular flexibility index (Phi) is 7.32. The van der Waals surface area contributed by atoms with E-state index in [9.17, 15) is 9.59 Å². The lowest BCUT2D eigenvalue weighted by Gasteiger charge is -2.24. The van der Waals surface area contributed by atoms with E-state index in [4.69, 9.17) is 4.74 Å². The first-order valence-electron chi connectivity index (χ1n) is 10.2. The van der Waals surface area contributed by atoms with Gasteiger partial charge in [0.15, 0.2) is 0 Å². The lowest BCUT2D eigenvalue weighted by Crippen LogP contribution is -2.42. The monoisotopic (exact) mass is 407 g/mol. The second-order valence-electron chi connectivity index (χ2n) is 8.02. The summed E-state index contributed by atoms with van der Waals surface area (Å²) in [5.74, 6) is 0.649. The number of rotatable bonds is 5. The number of carbonyl (C=O) groups excluding carboxylic acids is 2. The van der Waals surface area contributed by atoms with Gasteiger partial charge in [0.2, 0.25) is 5.91 Å². The van der Waals surface area contributed by atoms with Crippen molar-refractivity contribution >= 4 is 29.9 Å². The highest BCUT2D eigenvalue weighted by molar-refractivity contribution is 5.94. The number of halogens is 1. The van der Waals surface area contributed by atoms with Crippen molar-refractivity contribution in [1.29, 1.82) is 0 Å². The van der Waals surface area contributed by atoms with Gasteiger partial charge in [-0.3, -0.25) is 9.59 Å². The molecule has 3 N–H and O–H groups in total. The Bertz CT molecular complexity index is 679. The van der Waals surface area contributed by atoms with Gasteiger partial charge in [0.05, 0.1) is 6.04 Å². The van der Waals surface area contributed by atoms with E-state index in [2.05, 4.69) is 16.0 Å². The van der Waals surface area contributed by atoms with Gasteiger partial charge in [-0.15, -0.1) is 12.4 Å². The van der Waals surface area contributed by atoms with Crippen LogP contribution in [0.1, 0.15) is 50.5 Å². The van der Waals surface area contributed by atoms with Gasteiger partial charge in [-0.25, -0.2) is 0 Å². The van der Waals surface area contributed by atoms with Crippen molar-refractivity contribution in [2.75, 3.05) is 11.9 Å². The molecule has 154 valence electrons. The topological polar surface area (TPSA) is 79.5 Å². The largest absolute Gasteiger partial charge is 0.368 e. The van der Waals surface area contributed by atoms with E-state index in [1.807, 2.05) is 24.3 Å². The number of benzene rings is 1. The summed E-state index contributed by atoms with van der Waals surface area (Å²) in [6.07, 6.45) is 7.32. The minimum absolute atomic E-state index is 0. The highest BCUT2D eigenvalue weighted by atomic mass is 35.5. The Balaban J connectivity index is 0.00000225. The Morgan fingerprint density at radius 3 is 2.75 bits per heavy atom. The second-order valence-corrected chi connectivity index (χ2v) is 8.02. The van der Waals surface area contributed by atoms with E-state index < -0.39 is 0 Å². The number of hydrogen-bond acceptors (Lipinski definition) is 4. The number of amides is 2. The van der Waals surface area contributed by atoms with E-state index in [-0.39, 0.29) is 36.4 Å². The Morgan fingerprint density at radius 1 is 1.11 bits per heavy atom. The van der Waals surface area contributed by atoms with E-state index in [1.54, 1.807) is 0 Å². The van der Waals surface area contributed by atoms with Crippen LogP contribution in [-0.4, -0.2) is 36.6 Å². The lowest BCUT2D eigenvalue weighted by atomic mass is 9.85. The van der Waals surface area contributed by atoms with Crippen LogP contribution in [0, 0.1) is 5.92 Å². The summed E-state index contributed by atoms with van der Waals surface area (Å²) < 4.78 is 5.42. The number of nitrogens with one attached hydrogen (secondary N) is 3. The van der Waals surface area contributed by atoms with E-state index in [0.29, 0.717) is 25.1 Å². The minimum Gasteiger partial charge on any atom is -0.368 e. The van der Waals surface area contributed by atoms with Crippen molar-refractivity contribution in [3.05, 3.63) is 29.8 Å². The fourth-order valence-corrected chi connectivity index (χ4v) is 4.60. The fraction of sp³-hybridized carbons (Fsp3) is 0.619. The third-order valence-corrected chi connectivity index (χ3v) is 6.06. The maximum absolute atomic E-state index is 12.5. The normalized spacial score (nSPS) is 28.9. The molecule has 0 bridgehead atoms. The van der Waals surface area contributed by atoms with Gasteiger partial charge >= 0.3 is 0 Å². The van der Waals surface area contributed by atoms with Gasteiger partial charge < -0.3 is 20.7 Å². The molecule has 3 aliphatic rings. The van der Waals surface area contributed by atoms with Crippen LogP contribution in [0.4, 0.5) is 5.69 Å². The molecule has 1 aromatic carbocycles. The molecular formula is C21H30ClN3O3. The number of carbonyl (C=O) groups is 2. The molecule has 2 aliphatic heterocycles. The Labute approximate surface area is 172 Å². The summed E-state index contributed by atoms with van der Waals surface area (Å²) in [5.41, 5.74) is 1.72. The van der Waals surface area contributed by atoms with Crippen molar-refractivity contribution < 1.29 is 14.3 Å².